The lowest BCUT2D eigenvalue weighted by molar-refractivity contribution is 0.0949. The first-order valence-electron chi connectivity index (χ1n) is 11.0. The van der Waals surface area contributed by atoms with Gasteiger partial charge in [0.05, 0.1) is 17.3 Å². The molecule has 0 radical (unpaired) electrons. The number of aliphatic hydroxyl groups excluding tert-OH is 1. The Morgan fingerprint density at radius 3 is 2.41 bits per heavy atom. The summed E-state index contributed by atoms with van der Waals surface area (Å²) in [6, 6.07) is 6.94. The van der Waals surface area contributed by atoms with Gasteiger partial charge >= 0.3 is 0 Å². The maximum atomic E-state index is 14.9. The molecular formula is C23H28Cl2FN3O4S. The van der Waals surface area contributed by atoms with Gasteiger partial charge in [-0.3, -0.25) is 14.6 Å². The Hall–Kier alpha value is -1.75. The summed E-state index contributed by atoms with van der Waals surface area (Å²) in [6.45, 7) is 5.49. The number of benzene rings is 2. The van der Waals surface area contributed by atoms with Gasteiger partial charge in [-0.05, 0) is 35.9 Å². The van der Waals surface area contributed by atoms with Gasteiger partial charge in [0.2, 0.25) is 0 Å². The van der Waals surface area contributed by atoms with Crippen LogP contribution in [0.5, 0.6) is 0 Å². The van der Waals surface area contributed by atoms with Crippen LogP contribution in [-0.2, 0) is 22.9 Å². The monoisotopic (exact) mass is 531 g/mol. The lowest BCUT2D eigenvalue weighted by atomic mass is 10.1. The number of rotatable bonds is 9. The molecule has 0 saturated carbocycles. The van der Waals surface area contributed by atoms with Crippen molar-refractivity contribution in [1.82, 2.24) is 15.1 Å². The lowest BCUT2D eigenvalue weighted by Gasteiger charge is -2.34. The van der Waals surface area contributed by atoms with E-state index in [-0.39, 0.29) is 34.4 Å². The van der Waals surface area contributed by atoms with Crippen LogP contribution in [0.15, 0.2) is 35.2 Å². The van der Waals surface area contributed by atoms with Crippen molar-refractivity contribution in [2.24, 2.45) is 0 Å². The van der Waals surface area contributed by atoms with Gasteiger partial charge in [-0.1, -0.05) is 30.1 Å². The number of nitrogens with zero attached hydrogens (tertiary/aromatic N) is 2. The fraction of sp³-hybridized carbons (Fsp3) is 0.435. The van der Waals surface area contributed by atoms with Crippen LogP contribution in [0.25, 0.3) is 0 Å². The van der Waals surface area contributed by atoms with E-state index >= 15 is 0 Å². The van der Waals surface area contributed by atoms with Gasteiger partial charge in [0, 0.05) is 67.0 Å². The maximum Gasteiger partial charge on any atom is 0.251 e. The molecule has 186 valence electrons. The standard InChI is InChI=1S/C23H28Cl2FN3O4S/c1-2-34(32,33)22-4-3-18(24)11-17(22)14-27-23(31)16-12-20(25)19(21(26)13-16)15-29-7-5-28(6-8-29)9-10-30/h3-4,11-13,30H,2,5-10,14-15H2,1H3,(H,27,31). The van der Waals surface area contributed by atoms with Crippen molar-refractivity contribution in [3.05, 3.63) is 62.9 Å². The zero-order valence-corrected chi connectivity index (χ0v) is 21.2. The van der Waals surface area contributed by atoms with E-state index < -0.39 is 21.6 Å². The molecule has 0 unspecified atom stereocenters. The number of nitrogens with one attached hydrogen (secondary N) is 1. The van der Waals surface area contributed by atoms with Crippen LogP contribution in [0.2, 0.25) is 10.0 Å². The number of halogens is 3. The van der Waals surface area contributed by atoms with Crippen molar-refractivity contribution in [2.45, 2.75) is 24.9 Å². The highest BCUT2D eigenvalue weighted by Gasteiger charge is 2.21. The summed E-state index contributed by atoms with van der Waals surface area (Å²) < 4.78 is 39.6. The molecule has 34 heavy (non-hydrogen) atoms. The summed E-state index contributed by atoms with van der Waals surface area (Å²) in [6.07, 6.45) is 0. The average Bonchev–Trinajstić information content (AvgIpc) is 2.80. The Bertz CT molecular complexity index is 1120. The van der Waals surface area contributed by atoms with Crippen molar-refractivity contribution in [1.29, 1.82) is 0 Å². The first kappa shape index (κ1) is 26.8. The van der Waals surface area contributed by atoms with Gasteiger partial charge < -0.3 is 10.4 Å². The zero-order chi connectivity index (χ0) is 24.9. The molecule has 0 aliphatic carbocycles. The maximum absolute atomic E-state index is 14.9. The molecule has 2 aromatic carbocycles. The Morgan fingerprint density at radius 2 is 1.79 bits per heavy atom. The molecule has 1 aliphatic heterocycles. The van der Waals surface area contributed by atoms with Crippen LogP contribution in [0.4, 0.5) is 4.39 Å². The van der Waals surface area contributed by atoms with E-state index in [2.05, 4.69) is 15.1 Å². The van der Waals surface area contributed by atoms with E-state index in [0.717, 1.165) is 32.2 Å². The first-order valence-corrected chi connectivity index (χ1v) is 13.4. The molecule has 2 aromatic rings. The Kier molecular flexibility index (Phi) is 9.31. The smallest absolute Gasteiger partial charge is 0.251 e. The van der Waals surface area contributed by atoms with E-state index in [0.29, 0.717) is 29.2 Å². The van der Waals surface area contributed by atoms with Crippen LogP contribution in [0.3, 0.4) is 0 Å². The van der Waals surface area contributed by atoms with Crippen LogP contribution in [0, 0.1) is 5.82 Å². The molecule has 0 aromatic heterocycles. The van der Waals surface area contributed by atoms with Gasteiger partial charge in [0.15, 0.2) is 9.84 Å². The summed E-state index contributed by atoms with van der Waals surface area (Å²) in [5.74, 6) is -1.24. The topological polar surface area (TPSA) is 90.0 Å². The van der Waals surface area contributed by atoms with Crippen molar-refractivity contribution in [3.63, 3.8) is 0 Å². The van der Waals surface area contributed by atoms with Crippen LogP contribution >= 0.6 is 23.2 Å². The van der Waals surface area contributed by atoms with Crippen LogP contribution in [-0.4, -0.2) is 74.3 Å². The second kappa shape index (κ2) is 11.8. The van der Waals surface area contributed by atoms with Gasteiger partial charge in [0.25, 0.3) is 5.91 Å². The SMILES string of the molecule is CCS(=O)(=O)c1ccc(Cl)cc1CNC(=O)c1cc(F)c(CN2CCN(CCO)CC2)c(Cl)c1. The van der Waals surface area contributed by atoms with Crippen LogP contribution < -0.4 is 5.32 Å². The van der Waals surface area contributed by atoms with Gasteiger partial charge in [-0.2, -0.15) is 0 Å². The second-order valence-electron chi connectivity index (χ2n) is 8.10. The number of aliphatic hydroxyl groups is 1. The fourth-order valence-electron chi connectivity index (χ4n) is 3.84. The summed E-state index contributed by atoms with van der Waals surface area (Å²) >= 11 is 12.3. The number of β-amino-alcohol motifs (C(OH)–C–C–N with tert-alkyl or cyclic N) is 1. The Balaban J connectivity index is 1.69. The summed E-state index contributed by atoms with van der Waals surface area (Å²) in [5.41, 5.74) is 0.715. The molecule has 11 heteroatoms. The second-order valence-corrected chi connectivity index (χ2v) is 11.2. The van der Waals surface area contributed by atoms with E-state index in [1.807, 2.05) is 0 Å². The molecule has 1 aliphatic rings. The highest BCUT2D eigenvalue weighted by atomic mass is 35.5. The zero-order valence-electron chi connectivity index (χ0n) is 18.9. The summed E-state index contributed by atoms with van der Waals surface area (Å²) in [4.78, 5) is 17.0. The lowest BCUT2D eigenvalue weighted by Crippen LogP contribution is -2.46. The van der Waals surface area contributed by atoms with E-state index in [1.54, 1.807) is 0 Å². The van der Waals surface area contributed by atoms with Gasteiger partial charge in [-0.15, -0.1) is 0 Å². The van der Waals surface area contributed by atoms with E-state index in [4.69, 9.17) is 28.3 Å². The minimum atomic E-state index is -3.51. The molecule has 0 spiro atoms. The number of amides is 1. The molecule has 0 bridgehead atoms. The minimum Gasteiger partial charge on any atom is -0.395 e. The van der Waals surface area contributed by atoms with Crippen molar-refractivity contribution in [3.8, 4) is 0 Å². The molecule has 0 atom stereocenters. The molecule has 1 heterocycles. The van der Waals surface area contributed by atoms with Crippen molar-refractivity contribution < 1.29 is 22.7 Å². The average molecular weight is 532 g/mol. The number of piperazine rings is 1. The van der Waals surface area contributed by atoms with Gasteiger partial charge in [-0.25, -0.2) is 12.8 Å². The third kappa shape index (κ3) is 6.68. The van der Waals surface area contributed by atoms with E-state index in [9.17, 15) is 17.6 Å². The van der Waals surface area contributed by atoms with Crippen molar-refractivity contribution >= 4 is 38.9 Å². The highest BCUT2D eigenvalue weighted by Crippen LogP contribution is 2.25. The number of hydrogen-bond acceptors (Lipinski definition) is 6. The number of carbonyl (C=O) groups is 1. The van der Waals surface area contributed by atoms with Gasteiger partial charge in [0.1, 0.15) is 5.82 Å². The molecule has 1 saturated heterocycles. The first-order chi connectivity index (χ1) is 16.1. The molecule has 2 N–H and O–H groups in total. The third-order valence-corrected chi connectivity index (χ3v) is 8.24. The number of carbonyl (C=O) groups excluding carboxylic acids is 1. The number of sulfone groups is 1. The molecule has 3 rings (SSSR count). The Labute approximate surface area is 209 Å². The predicted octanol–water partition coefficient (Wildman–Crippen LogP) is 2.97. The molecule has 7 nitrogen and oxygen atoms in total. The van der Waals surface area contributed by atoms with Crippen molar-refractivity contribution in [2.75, 3.05) is 45.1 Å². The molecule has 1 fully saturated rings. The summed E-state index contributed by atoms with van der Waals surface area (Å²) in [7, 11) is -3.51. The largest absolute Gasteiger partial charge is 0.395 e. The highest BCUT2D eigenvalue weighted by molar-refractivity contribution is 7.91. The van der Waals surface area contributed by atoms with Crippen LogP contribution in [0.1, 0.15) is 28.4 Å². The predicted molar refractivity (Wildman–Crippen MR) is 131 cm³/mol. The quantitative estimate of drug-likeness (QED) is 0.517. The minimum absolute atomic E-state index is 0.0425. The normalized spacial score (nSPS) is 15.4. The van der Waals surface area contributed by atoms with E-state index in [1.165, 1.54) is 31.2 Å². The third-order valence-electron chi connectivity index (χ3n) is 5.84. The molecular weight excluding hydrogens is 504 g/mol. The summed E-state index contributed by atoms with van der Waals surface area (Å²) in [5, 5.41) is 12.2. The number of hydrogen-bond donors (Lipinski definition) is 2. The Morgan fingerprint density at radius 1 is 1.12 bits per heavy atom. The fourth-order valence-corrected chi connectivity index (χ4v) is 5.42. The molecule has 1 amide bonds.